The number of aromatic nitrogens is 1. The molecule has 0 saturated carbocycles. The van der Waals surface area contributed by atoms with Gasteiger partial charge in [0.2, 0.25) is 5.91 Å². The van der Waals surface area contributed by atoms with Crippen LogP contribution < -0.4 is 10.2 Å². The van der Waals surface area contributed by atoms with Crippen molar-refractivity contribution in [2.45, 2.75) is 25.8 Å². The molecule has 1 aliphatic heterocycles. The van der Waals surface area contributed by atoms with Crippen LogP contribution in [0.25, 0.3) is 0 Å². The molecule has 0 spiro atoms. The normalized spacial score (nSPS) is 26.9. The van der Waals surface area contributed by atoms with E-state index >= 15 is 0 Å². The van der Waals surface area contributed by atoms with Crippen molar-refractivity contribution in [1.29, 1.82) is 0 Å². The molecule has 1 amide bonds. The second kappa shape index (κ2) is 4.93. The van der Waals surface area contributed by atoms with E-state index < -0.39 is 0 Å². The summed E-state index contributed by atoms with van der Waals surface area (Å²) >= 11 is 1.53. The summed E-state index contributed by atoms with van der Waals surface area (Å²) in [6.45, 7) is 2.96. The number of thiazole rings is 1. The minimum absolute atomic E-state index is 0.0633. The number of likely N-dealkylation sites (N-methyl/N-ethyl adjacent to an activating group) is 1. The predicted molar refractivity (Wildman–Crippen MR) is 65.7 cm³/mol. The van der Waals surface area contributed by atoms with Crippen molar-refractivity contribution in [3.8, 4) is 0 Å². The highest BCUT2D eigenvalue weighted by molar-refractivity contribution is 7.07. The van der Waals surface area contributed by atoms with Crippen molar-refractivity contribution in [3.63, 3.8) is 0 Å². The van der Waals surface area contributed by atoms with Crippen molar-refractivity contribution in [2.75, 3.05) is 18.5 Å². The number of hydrogen-bond donors (Lipinski definition) is 1. The highest BCUT2D eigenvalue weighted by Gasteiger charge is 2.30. The molecule has 4 nitrogen and oxygen atoms in total. The molecule has 1 aromatic rings. The molecule has 5 heteroatoms. The van der Waals surface area contributed by atoms with Gasteiger partial charge in [-0.05, 0) is 25.8 Å². The van der Waals surface area contributed by atoms with Crippen LogP contribution in [0.2, 0.25) is 0 Å². The summed E-state index contributed by atoms with van der Waals surface area (Å²) in [6, 6.07) is -0.0633. The van der Waals surface area contributed by atoms with Crippen molar-refractivity contribution >= 4 is 23.1 Å². The Kier molecular flexibility index (Phi) is 3.56. The zero-order valence-electron chi connectivity index (χ0n) is 9.64. The Balaban J connectivity index is 2.23. The summed E-state index contributed by atoms with van der Waals surface area (Å²) in [5.41, 5.74) is 1.77. The maximum absolute atomic E-state index is 12.2. The second-order valence-corrected chi connectivity index (χ2v) is 5.04. The number of carbonyl (C=O) groups excluding carboxylic acids is 1. The van der Waals surface area contributed by atoms with E-state index in [1.807, 2.05) is 17.3 Å². The van der Waals surface area contributed by atoms with E-state index in [0.29, 0.717) is 5.92 Å². The van der Waals surface area contributed by atoms with Crippen molar-refractivity contribution in [1.82, 2.24) is 10.3 Å². The number of carbonyl (C=O) groups is 1. The molecule has 2 unspecified atom stereocenters. The molecule has 1 saturated heterocycles. The van der Waals surface area contributed by atoms with E-state index in [0.717, 1.165) is 25.2 Å². The first kappa shape index (κ1) is 11.5. The molecule has 1 N–H and O–H groups in total. The molecule has 0 aliphatic carbocycles. The van der Waals surface area contributed by atoms with Gasteiger partial charge in [0.25, 0.3) is 0 Å². The largest absolute Gasteiger partial charge is 0.309 e. The Morgan fingerprint density at radius 2 is 2.38 bits per heavy atom. The van der Waals surface area contributed by atoms with Gasteiger partial charge in [0, 0.05) is 11.9 Å². The van der Waals surface area contributed by atoms with Crippen molar-refractivity contribution < 1.29 is 4.79 Å². The Morgan fingerprint density at radius 1 is 1.56 bits per heavy atom. The molecule has 2 heterocycles. The second-order valence-electron chi connectivity index (χ2n) is 4.32. The topological polar surface area (TPSA) is 45.2 Å². The van der Waals surface area contributed by atoms with Gasteiger partial charge in [-0.2, -0.15) is 0 Å². The lowest BCUT2D eigenvalue weighted by atomic mass is 10.0. The third kappa shape index (κ3) is 2.25. The zero-order chi connectivity index (χ0) is 11.5. The van der Waals surface area contributed by atoms with Gasteiger partial charge in [-0.1, -0.05) is 6.92 Å². The average molecular weight is 239 g/mol. The maximum Gasteiger partial charge on any atom is 0.245 e. The molecule has 0 bridgehead atoms. The Bertz CT molecular complexity index is 352. The first-order chi connectivity index (χ1) is 7.72. The Morgan fingerprint density at radius 3 is 3.00 bits per heavy atom. The molecule has 88 valence electrons. The number of amides is 1. The van der Waals surface area contributed by atoms with E-state index in [1.54, 1.807) is 5.51 Å². The third-order valence-electron chi connectivity index (χ3n) is 3.05. The monoisotopic (exact) mass is 239 g/mol. The van der Waals surface area contributed by atoms with Gasteiger partial charge in [0.05, 0.1) is 11.6 Å². The lowest BCUT2D eigenvalue weighted by Crippen LogP contribution is -2.44. The highest BCUT2D eigenvalue weighted by Crippen LogP contribution is 2.23. The van der Waals surface area contributed by atoms with E-state index in [1.165, 1.54) is 11.3 Å². The van der Waals surface area contributed by atoms with Crippen molar-refractivity contribution in [3.05, 3.63) is 10.9 Å². The van der Waals surface area contributed by atoms with Crippen LogP contribution in [0.4, 0.5) is 5.82 Å². The van der Waals surface area contributed by atoms with Gasteiger partial charge in [0.1, 0.15) is 5.82 Å². The van der Waals surface area contributed by atoms with Gasteiger partial charge in [-0.3, -0.25) is 9.69 Å². The Labute approximate surface area is 99.7 Å². The van der Waals surface area contributed by atoms with Gasteiger partial charge in [-0.25, -0.2) is 4.98 Å². The fraction of sp³-hybridized carbons (Fsp3) is 0.636. The average Bonchev–Trinajstić information content (AvgIpc) is 2.75. The predicted octanol–water partition coefficient (Wildman–Crippen LogP) is 1.49. The number of anilines is 1. The molecule has 2 rings (SSSR count). The zero-order valence-corrected chi connectivity index (χ0v) is 10.5. The molecule has 1 fully saturated rings. The van der Waals surface area contributed by atoms with Gasteiger partial charge < -0.3 is 5.32 Å². The Hall–Kier alpha value is -0.940. The minimum atomic E-state index is -0.0633. The molecule has 0 aromatic carbocycles. The van der Waals surface area contributed by atoms with Crippen LogP contribution in [-0.2, 0) is 4.79 Å². The van der Waals surface area contributed by atoms with Gasteiger partial charge in [-0.15, -0.1) is 11.3 Å². The number of hydrogen-bond acceptors (Lipinski definition) is 4. The molecule has 1 aromatic heterocycles. The lowest BCUT2D eigenvalue weighted by molar-refractivity contribution is -0.120. The summed E-state index contributed by atoms with van der Waals surface area (Å²) in [5, 5.41) is 5.02. The first-order valence-corrected chi connectivity index (χ1v) is 6.53. The van der Waals surface area contributed by atoms with Crippen LogP contribution >= 0.6 is 11.3 Å². The number of nitrogens with one attached hydrogen (secondary N) is 1. The van der Waals surface area contributed by atoms with Crippen LogP contribution in [0, 0.1) is 5.92 Å². The van der Waals surface area contributed by atoms with Crippen molar-refractivity contribution in [2.24, 2.45) is 5.92 Å². The minimum Gasteiger partial charge on any atom is -0.309 e. The molecule has 2 atom stereocenters. The summed E-state index contributed by atoms with van der Waals surface area (Å²) < 4.78 is 0. The van der Waals surface area contributed by atoms with Gasteiger partial charge in [0.15, 0.2) is 0 Å². The number of rotatable bonds is 2. The molecular weight excluding hydrogens is 222 g/mol. The van der Waals surface area contributed by atoms with E-state index in [-0.39, 0.29) is 11.9 Å². The van der Waals surface area contributed by atoms with E-state index in [9.17, 15) is 4.79 Å². The van der Waals surface area contributed by atoms with E-state index in [2.05, 4.69) is 17.2 Å². The smallest absolute Gasteiger partial charge is 0.245 e. The third-order valence-corrected chi connectivity index (χ3v) is 3.62. The van der Waals surface area contributed by atoms with Crippen LogP contribution in [-0.4, -0.2) is 30.5 Å². The van der Waals surface area contributed by atoms with Crippen LogP contribution in [0.3, 0.4) is 0 Å². The van der Waals surface area contributed by atoms with Gasteiger partial charge >= 0.3 is 0 Å². The summed E-state index contributed by atoms with van der Waals surface area (Å²) in [6.07, 6.45) is 2.00. The lowest BCUT2D eigenvalue weighted by Gasteiger charge is -2.22. The van der Waals surface area contributed by atoms with Crippen LogP contribution in [0.1, 0.15) is 19.8 Å². The van der Waals surface area contributed by atoms with E-state index in [4.69, 9.17) is 0 Å². The first-order valence-electron chi connectivity index (χ1n) is 5.59. The maximum atomic E-state index is 12.2. The highest BCUT2D eigenvalue weighted by atomic mass is 32.1. The molecular formula is C11H17N3OS. The standard InChI is InChI=1S/C11H17N3OS/c1-8-3-4-9(12-2)11(15)14(5-8)10-6-16-7-13-10/h6-9,12H,3-5H2,1-2H3. The fourth-order valence-electron chi connectivity index (χ4n) is 2.07. The van der Waals surface area contributed by atoms with Crippen LogP contribution in [0.5, 0.6) is 0 Å². The molecule has 1 aliphatic rings. The summed E-state index contributed by atoms with van der Waals surface area (Å²) in [4.78, 5) is 18.3. The quantitative estimate of drug-likeness (QED) is 0.850. The molecule has 0 radical (unpaired) electrons. The molecule has 16 heavy (non-hydrogen) atoms. The summed E-state index contributed by atoms with van der Waals surface area (Å²) in [7, 11) is 1.85. The SMILES string of the molecule is CNC1CCC(C)CN(c2cscn2)C1=O. The number of nitrogens with zero attached hydrogens (tertiary/aromatic N) is 2. The fourth-order valence-corrected chi connectivity index (χ4v) is 2.61. The summed E-state index contributed by atoms with van der Waals surface area (Å²) in [5.74, 6) is 1.48. The van der Waals surface area contributed by atoms with Crippen LogP contribution in [0.15, 0.2) is 10.9 Å².